The highest BCUT2D eigenvalue weighted by Gasteiger charge is 2.43. The van der Waals surface area contributed by atoms with Gasteiger partial charge in [0.15, 0.2) is 0 Å². The third-order valence-electron chi connectivity index (χ3n) is 5.42. The molecule has 0 unspecified atom stereocenters. The van der Waals surface area contributed by atoms with Crippen molar-refractivity contribution in [2.75, 3.05) is 0 Å². The van der Waals surface area contributed by atoms with E-state index in [1.54, 1.807) is 6.07 Å². The van der Waals surface area contributed by atoms with Crippen LogP contribution in [0.3, 0.4) is 0 Å². The van der Waals surface area contributed by atoms with Crippen molar-refractivity contribution in [1.82, 2.24) is 3.97 Å². The molecule has 0 atom stereocenters. The molecule has 0 radical (unpaired) electrons. The van der Waals surface area contributed by atoms with E-state index in [1.807, 2.05) is 0 Å². The van der Waals surface area contributed by atoms with Crippen molar-refractivity contribution in [3.63, 3.8) is 0 Å². The van der Waals surface area contributed by atoms with E-state index in [0.717, 1.165) is 30.5 Å². The molecule has 0 amide bonds. The molecule has 3 aromatic carbocycles. The Kier molecular flexibility index (Phi) is 6.14. The van der Waals surface area contributed by atoms with Crippen LogP contribution in [0, 0.1) is 11.6 Å². The lowest BCUT2D eigenvalue weighted by atomic mass is 10.0. The molecule has 4 aromatic rings. The zero-order valence-corrected chi connectivity index (χ0v) is 18.5. The van der Waals surface area contributed by atoms with Crippen LogP contribution in [0.4, 0.5) is 22.0 Å². The number of fused-ring (bicyclic) bond motifs is 1. The lowest BCUT2D eigenvalue weighted by Crippen LogP contribution is -2.21. The van der Waals surface area contributed by atoms with E-state index in [0.29, 0.717) is 10.0 Å². The van der Waals surface area contributed by atoms with Crippen LogP contribution in [0.25, 0.3) is 22.0 Å². The molecular weight excluding hydrogens is 493 g/mol. The van der Waals surface area contributed by atoms with Crippen LogP contribution in [0.1, 0.15) is 17.5 Å². The largest absolute Gasteiger partial charge is 0.481 e. The van der Waals surface area contributed by atoms with Gasteiger partial charge in [-0.3, -0.25) is 4.79 Å². The molecule has 0 spiro atoms. The standard InChI is InChI=1S/C24H16F5NO4S/c25-16-7-10-20-18(12-16)15(6-11-21(31)32)13-30(20)35(33,34)23-17(14-4-2-1-3-5-14)8-9-19(26)22(23)24(27,28)29/h1-5,7-10,12-13H,6,11H2,(H,31,32). The average molecular weight is 509 g/mol. The minimum atomic E-state index is -5.36. The summed E-state index contributed by atoms with van der Waals surface area (Å²) in [5, 5.41) is 9.01. The topological polar surface area (TPSA) is 76.4 Å². The molecule has 0 aliphatic carbocycles. The van der Waals surface area contributed by atoms with Crippen molar-refractivity contribution in [3.8, 4) is 11.1 Å². The smallest absolute Gasteiger partial charge is 0.420 e. The fourth-order valence-corrected chi connectivity index (χ4v) is 5.73. The number of nitrogens with zero attached hydrogens (tertiary/aromatic N) is 1. The molecule has 11 heteroatoms. The summed E-state index contributed by atoms with van der Waals surface area (Å²) in [4.78, 5) is 9.73. The second kappa shape index (κ2) is 8.81. The number of rotatable bonds is 6. The SMILES string of the molecule is O=C(O)CCc1cn(S(=O)(=O)c2c(-c3ccccc3)ccc(F)c2C(F)(F)F)c2ccc(F)cc12. The number of aromatic nitrogens is 1. The summed E-state index contributed by atoms with van der Waals surface area (Å²) < 4.78 is 98.6. The Bertz CT molecular complexity index is 1540. The minimum Gasteiger partial charge on any atom is -0.481 e. The first-order valence-corrected chi connectivity index (χ1v) is 11.6. The van der Waals surface area contributed by atoms with Crippen molar-refractivity contribution in [2.45, 2.75) is 23.9 Å². The van der Waals surface area contributed by atoms with Gasteiger partial charge in [-0.2, -0.15) is 13.2 Å². The van der Waals surface area contributed by atoms with E-state index in [9.17, 15) is 35.2 Å². The Morgan fingerprint density at radius 1 is 0.971 bits per heavy atom. The van der Waals surface area contributed by atoms with Gasteiger partial charge in [-0.15, -0.1) is 0 Å². The summed E-state index contributed by atoms with van der Waals surface area (Å²) in [5.41, 5.74) is -2.32. The molecule has 0 bridgehead atoms. The summed E-state index contributed by atoms with van der Waals surface area (Å²) in [7, 11) is -5.12. The monoisotopic (exact) mass is 509 g/mol. The first-order chi connectivity index (χ1) is 16.4. The van der Waals surface area contributed by atoms with Crippen molar-refractivity contribution in [3.05, 3.63) is 89.6 Å². The fourth-order valence-electron chi connectivity index (χ4n) is 3.91. The number of aryl methyl sites for hydroxylation is 1. The van der Waals surface area contributed by atoms with E-state index >= 15 is 0 Å². The van der Waals surface area contributed by atoms with Crippen molar-refractivity contribution >= 4 is 26.9 Å². The van der Waals surface area contributed by atoms with E-state index in [-0.39, 0.29) is 34.0 Å². The highest BCUT2D eigenvalue weighted by molar-refractivity contribution is 7.90. The van der Waals surface area contributed by atoms with Crippen LogP contribution in [0.5, 0.6) is 0 Å². The Labute approximate surface area is 196 Å². The van der Waals surface area contributed by atoms with Crippen LogP contribution in [0.2, 0.25) is 0 Å². The maximum absolute atomic E-state index is 14.6. The first-order valence-electron chi connectivity index (χ1n) is 10.1. The number of hydrogen-bond acceptors (Lipinski definition) is 3. The number of carboxylic acid groups (broad SMARTS) is 1. The molecule has 0 saturated heterocycles. The molecule has 0 aliphatic heterocycles. The van der Waals surface area contributed by atoms with E-state index in [1.165, 1.54) is 24.3 Å². The molecule has 4 rings (SSSR count). The van der Waals surface area contributed by atoms with Gasteiger partial charge in [0.2, 0.25) is 0 Å². The van der Waals surface area contributed by atoms with Crippen molar-refractivity contribution in [1.29, 1.82) is 0 Å². The van der Waals surface area contributed by atoms with Gasteiger partial charge in [0.05, 0.1) is 5.52 Å². The molecule has 5 nitrogen and oxygen atoms in total. The Morgan fingerprint density at radius 2 is 1.66 bits per heavy atom. The van der Waals surface area contributed by atoms with Gasteiger partial charge in [-0.1, -0.05) is 36.4 Å². The van der Waals surface area contributed by atoms with Gasteiger partial charge in [0, 0.05) is 23.6 Å². The Morgan fingerprint density at radius 3 is 2.29 bits per heavy atom. The Hall–Kier alpha value is -3.73. The van der Waals surface area contributed by atoms with Crippen LogP contribution < -0.4 is 0 Å². The minimum absolute atomic E-state index is 0.0149. The molecule has 1 aromatic heterocycles. The molecule has 35 heavy (non-hydrogen) atoms. The zero-order valence-electron chi connectivity index (χ0n) is 17.7. The van der Waals surface area contributed by atoms with Crippen molar-refractivity contribution < 1.29 is 40.3 Å². The third kappa shape index (κ3) is 4.51. The number of hydrogen-bond donors (Lipinski definition) is 1. The molecule has 0 aliphatic rings. The number of benzene rings is 3. The molecule has 0 fully saturated rings. The summed E-state index contributed by atoms with van der Waals surface area (Å²) in [6, 6.07) is 11.8. The zero-order chi connectivity index (χ0) is 25.5. The number of carboxylic acids is 1. The van der Waals surface area contributed by atoms with Crippen LogP contribution >= 0.6 is 0 Å². The van der Waals surface area contributed by atoms with Gasteiger partial charge in [0.25, 0.3) is 10.0 Å². The number of halogens is 5. The lowest BCUT2D eigenvalue weighted by molar-refractivity contribution is -0.142. The summed E-state index contributed by atoms with van der Waals surface area (Å²) in [6.45, 7) is 0. The van der Waals surface area contributed by atoms with Crippen molar-refractivity contribution in [2.24, 2.45) is 0 Å². The number of aliphatic carboxylic acids is 1. The number of carbonyl (C=O) groups is 1. The molecular formula is C24H16F5NO4S. The van der Waals surface area contributed by atoms with Gasteiger partial charge in [-0.05, 0) is 41.8 Å². The van der Waals surface area contributed by atoms with Gasteiger partial charge in [-0.25, -0.2) is 21.2 Å². The van der Waals surface area contributed by atoms with E-state index in [2.05, 4.69) is 0 Å². The number of alkyl halides is 3. The summed E-state index contributed by atoms with van der Waals surface area (Å²) in [5.74, 6) is -3.73. The van der Waals surface area contributed by atoms with Crippen LogP contribution in [0.15, 0.2) is 71.8 Å². The van der Waals surface area contributed by atoms with Crippen LogP contribution in [-0.4, -0.2) is 23.5 Å². The Balaban J connectivity index is 2.08. The normalized spacial score (nSPS) is 12.3. The fraction of sp³-hybridized carbons (Fsp3) is 0.125. The van der Waals surface area contributed by atoms with Gasteiger partial charge in [0.1, 0.15) is 22.1 Å². The summed E-state index contributed by atoms with van der Waals surface area (Å²) >= 11 is 0. The third-order valence-corrected chi connectivity index (χ3v) is 7.18. The second-order valence-electron chi connectivity index (χ2n) is 7.67. The van der Waals surface area contributed by atoms with Gasteiger partial charge >= 0.3 is 12.1 Å². The van der Waals surface area contributed by atoms with Crippen LogP contribution in [-0.2, 0) is 27.4 Å². The maximum Gasteiger partial charge on any atom is 0.420 e. The second-order valence-corrected chi connectivity index (χ2v) is 9.43. The molecule has 0 saturated carbocycles. The highest BCUT2D eigenvalue weighted by Crippen LogP contribution is 2.42. The maximum atomic E-state index is 14.6. The van der Waals surface area contributed by atoms with E-state index in [4.69, 9.17) is 5.11 Å². The highest BCUT2D eigenvalue weighted by atomic mass is 32.2. The molecule has 182 valence electrons. The lowest BCUT2D eigenvalue weighted by Gasteiger charge is -2.19. The molecule has 1 heterocycles. The quantitative estimate of drug-likeness (QED) is 0.331. The predicted octanol–water partition coefficient (Wildman–Crippen LogP) is 5.86. The van der Waals surface area contributed by atoms with E-state index < -0.39 is 50.7 Å². The molecule has 1 N–H and O–H groups in total. The predicted molar refractivity (Wildman–Crippen MR) is 117 cm³/mol. The summed E-state index contributed by atoms with van der Waals surface area (Å²) in [6.07, 6.45) is -5.06. The van der Waals surface area contributed by atoms with Gasteiger partial charge < -0.3 is 5.11 Å². The average Bonchev–Trinajstić information content (AvgIpc) is 3.15. The first kappa shape index (κ1) is 24.4.